The van der Waals surface area contributed by atoms with Crippen molar-refractivity contribution in [3.8, 4) is 0 Å². The van der Waals surface area contributed by atoms with Gasteiger partial charge in [-0.05, 0) is 40.2 Å². The Kier molecular flexibility index (Phi) is 4.62. The molecular weight excluding hydrogens is 350 g/mol. The van der Waals surface area contributed by atoms with Crippen LogP contribution >= 0.6 is 22.9 Å². The molecule has 0 aliphatic carbocycles. The summed E-state index contributed by atoms with van der Waals surface area (Å²) in [6.07, 6.45) is 0.425. The van der Waals surface area contributed by atoms with Crippen molar-refractivity contribution < 1.29 is 19.4 Å². The number of hydrogen-bond acceptors (Lipinski definition) is 5. The maximum Gasteiger partial charge on any atom is 0.410 e. The summed E-state index contributed by atoms with van der Waals surface area (Å²) < 4.78 is 12.2. The van der Waals surface area contributed by atoms with E-state index in [0.717, 1.165) is 10.4 Å². The van der Waals surface area contributed by atoms with E-state index in [2.05, 4.69) is 0 Å². The molecule has 1 aromatic heterocycles. The molecule has 1 saturated heterocycles. The molecule has 1 fully saturated rings. The van der Waals surface area contributed by atoms with Gasteiger partial charge in [-0.1, -0.05) is 11.6 Å². The number of halogens is 1. The van der Waals surface area contributed by atoms with Crippen LogP contribution in [0.5, 0.6) is 0 Å². The Bertz CT molecular complexity index is 641. The molecule has 2 unspecified atom stereocenters. The van der Waals surface area contributed by atoms with Crippen molar-refractivity contribution in [2.75, 3.05) is 13.2 Å². The molecule has 0 radical (unpaired) electrons. The van der Waals surface area contributed by atoms with E-state index in [-0.39, 0.29) is 18.7 Å². The van der Waals surface area contributed by atoms with Crippen molar-refractivity contribution in [2.24, 2.45) is 0 Å². The number of likely N-dealkylation sites (tertiary alicyclic amines) is 1. The average Bonchev–Trinajstić information content (AvgIpc) is 2.85. The van der Waals surface area contributed by atoms with E-state index in [9.17, 15) is 9.90 Å². The lowest BCUT2D eigenvalue weighted by molar-refractivity contribution is -0.136. The number of rotatable bonds is 0. The number of ether oxygens (including phenoxy) is 2. The summed E-state index contributed by atoms with van der Waals surface area (Å²) in [6, 6.07) is 1.82. The van der Waals surface area contributed by atoms with Crippen LogP contribution in [0.25, 0.3) is 0 Å². The highest BCUT2D eigenvalue weighted by Gasteiger charge is 2.48. The number of aliphatic hydroxyl groups is 1. The zero-order chi connectivity index (χ0) is 17.7. The van der Waals surface area contributed by atoms with Crippen molar-refractivity contribution in [2.45, 2.75) is 63.9 Å². The standard InChI is InChI=1S/C17H24ClNO4S/c1-10-8-17(5-6-19(10)15(21)23-16(2,3)4)14-11(7-13(18)24-14)12(20)9-22-17/h7,10,12,20H,5-6,8-9H2,1-4H3/t10-,12?,17?/m0/s1. The second kappa shape index (κ2) is 6.16. The van der Waals surface area contributed by atoms with Crippen molar-refractivity contribution in [1.29, 1.82) is 0 Å². The minimum absolute atomic E-state index is 0.0161. The van der Waals surface area contributed by atoms with Crippen molar-refractivity contribution in [1.82, 2.24) is 4.90 Å². The Morgan fingerprint density at radius 1 is 1.54 bits per heavy atom. The largest absolute Gasteiger partial charge is 0.444 e. The van der Waals surface area contributed by atoms with Gasteiger partial charge in [-0.2, -0.15) is 0 Å². The molecule has 1 amide bonds. The Balaban J connectivity index is 1.80. The van der Waals surface area contributed by atoms with E-state index in [0.29, 0.717) is 23.7 Å². The molecule has 0 saturated carbocycles. The number of thiophene rings is 1. The van der Waals surface area contributed by atoms with Gasteiger partial charge in [0.05, 0.1) is 10.9 Å². The molecule has 3 rings (SSSR count). The second-order valence-corrected chi connectivity index (χ2v) is 9.32. The van der Waals surface area contributed by atoms with Gasteiger partial charge >= 0.3 is 6.09 Å². The number of piperidine rings is 1. The van der Waals surface area contributed by atoms with Gasteiger partial charge in [0.1, 0.15) is 17.3 Å². The average molecular weight is 374 g/mol. The van der Waals surface area contributed by atoms with E-state index in [1.807, 2.05) is 33.8 Å². The molecule has 0 aromatic carbocycles. The normalized spacial score (nSPS) is 30.3. The zero-order valence-corrected chi connectivity index (χ0v) is 16.0. The van der Waals surface area contributed by atoms with Gasteiger partial charge in [-0.3, -0.25) is 0 Å². The molecule has 2 aliphatic heterocycles. The Morgan fingerprint density at radius 2 is 2.25 bits per heavy atom. The van der Waals surface area contributed by atoms with E-state index < -0.39 is 17.3 Å². The Morgan fingerprint density at radius 3 is 2.88 bits per heavy atom. The summed E-state index contributed by atoms with van der Waals surface area (Å²) in [5.74, 6) is 0. The number of nitrogens with zero attached hydrogens (tertiary/aromatic N) is 1. The summed E-state index contributed by atoms with van der Waals surface area (Å²) in [4.78, 5) is 15.2. The minimum Gasteiger partial charge on any atom is -0.444 e. The van der Waals surface area contributed by atoms with Gasteiger partial charge in [0.15, 0.2) is 0 Å². The highest BCUT2D eigenvalue weighted by molar-refractivity contribution is 7.16. The molecule has 0 bridgehead atoms. The monoisotopic (exact) mass is 373 g/mol. The van der Waals surface area contributed by atoms with Crippen LogP contribution in [0.4, 0.5) is 4.79 Å². The maximum atomic E-state index is 12.4. The van der Waals surface area contributed by atoms with Gasteiger partial charge in [-0.25, -0.2) is 4.79 Å². The summed E-state index contributed by atoms with van der Waals surface area (Å²) in [6.45, 7) is 8.43. The second-order valence-electron chi connectivity index (χ2n) is 7.63. The van der Waals surface area contributed by atoms with Crippen LogP contribution in [0.2, 0.25) is 4.34 Å². The topological polar surface area (TPSA) is 59.0 Å². The minimum atomic E-state index is -0.631. The maximum absolute atomic E-state index is 12.4. The van der Waals surface area contributed by atoms with Crippen molar-refractivity contribution in [3.05, 3.63) is 20.8 Å². The van der Waals surface area contributed by atoms with E-state index in [1.54, 1.807) is 4.90 Å². The first kappa shape index (κ1) is 18.0. The molecule has 24 heavy (non-hydrogen) atoms. The van der Waals surface area contributed by atoms with Crippen LogP contribution in [-0.4, -0.2) is 40.9 Å². The molecule has 3 atom stereocenters. The summed E-state index contributed by atoms with van der Waals surface area (Å²) >= 11 is 7.64. The van der Waals surface area contributed by atoms with Crippen molar-refractivity contribution >= 4 is 29.0 Å². The van der Waals surface area contributed by atoms with Gasteiger partial charge in [0.2, 0.25) is 0 Å². The van der Waals surface area contributed by atoms with Crippen LogP contribution in [0.1, 0.15) is 57.1 Å². The highest BCUT2D eigenvalue weighted by atomic mass is 35.5. The van der Waals surface area contributed by atoms with Crippen molar-refractivity contribution in [3.63, 3.8) is 0 Å². The zero-order valence-electron chi connectivity index (χ0n) is 14.5. The van der Waals surface area contributed by atoms with E-state index in [4.69, 9.17) is 21.1 Å². The van der Waals surface area contributed by atoms with Gasteiger partial charge < -0.3 is 19.5 Å². The molecule has 7 heteroatoms. The van der Waals surface area contributed by atoms with Crippen LogP contribution in [0, 0.1) is 0 Å². The molecular formula is C17H24ClNO4S. The number of amides is 1. The van der Waals surface area contributed by atoms with Crippen LogP contribution in [0.3, 0.4) is 0 Å². The molecule has 134 valence electrons. The Labute approximate surface area is 151 Å². The quantitative estimate of drug-likeness (QED) is 0.744. The third kappa shape index (κ3) is 3.29. The molecule has 5 nitrogen and oxygen atoms in total. The summed E-state index contributed by atoms with van der Waals surface area (Å²) in [5, 5.41) is 10.2. The fourth-order valence-electron chi connectivity index (χ4n) is 3.51. The lowest BCUT2D eigenvalue weighted by Gasteiger charge is -2.47. The predicted octanol–water partition coefficient (Wildman–Crippen LogP) is 4.08. The third-order valence-electron chi connectivity index (χ3n) is 4.56. The summed E-state index contributed by atoms with van der Waals surface area (Å²) in [5.41, 5.74) is -0.106. The fourth-order valence-corrected chi connectivity index (χ4v) is 4.98. The van der Waals surface area contributed by atoms with Crippen LogP contribution in [0.15, 0.2) is 6.07 Å². The first-order valence-electron chi connectivity index (χ1n) is 8.23. The van der Waals surface area contributed by atoms with Gasteiger partial charge in [0, 0.05) is 29.4 Å². The number of aliphatic hydroxyl groups excluding tert-OH is 1. The molecule has 1 spiro atoms. The van der Waals surface area contributed by atoms with Crippen LogP contribution in [-0.2, 0) is 15.1 Å². The predicted molar refractivity (Wildman–Crippen MR) is 93.6 cm³/mol. The third-order valence-corrected chi connectivity index (χ3v) is 6.03. The lowest BCUT2D eigenvalue weighted by Crippen LogP contribution is -2.53. The SMILES string of the molecule is C[C@H]1CC2(CCN1C(=O)OC(C)(C)C)OCC(O)c1cc(Cl)sc12. The molecule has 1 N–H and O–H groups in total. The molecule has 3 heterocycles. The molecule has 1 aromatic rings. The van der Waals surface area contributed by atoms with E-state index in [1.165, 1.54) is 11.3 Å². The lowest BCUT2D eigenvalue weighted by atomic mass is 9.82. The fraction of sp³-hybridized carbons (Fsp3) is 0.706. The van der Waals surface area contributed by atoms with E-state index >= 15 is 0 Å². The highest BCUT2D eigenvalue weighted by Crippen LogP contribution is 2.50. The first-order valence-corrected chi connectivity index (χ1v) is 9.42. The number of fused-ring (bicyclic) bond motifs is 2. The number of hydrogen-bond donors (Lipinski definition) is 1. The molecule has 2 aliphatic rings. The summed E-state index contributed by atoms with van der Waals surface area (Å²) in [7, 11) is 0. The Hall–Kier alpha value is -0.820. The number of carbonyl (C=O) groups excluding carboxylic acids is 1. The number of carbonyl (C=O) groups is 1. The van der Waals surface area contributed by atoms with Gasteiger partial charge in [0.25, 0.3) is 0 Å². The first-order chi connectivity index (χ1) is 11.1. The van der Waals surface area contributed by atoms with Crippen LogP contribution < -0.4 is 0 Å². The smallest absolute Gasteiger partial charge is 0.410 e. The van der Waals surface area contributed by atoms with Gasteiger partial charge in [-0.15, -0.1) is 11.3 Å².